The summed E-state index contributed by atoms with van der Waals surface area (Å²) < 4.78 is 5.41. The molecule has 20 heavy (non-hydrogen) atoms. The maximum atomic E-state index is 9.84. The van der Waals surface area contributed by atoms with E-state index in [0.717, 1.165) is 25.9 Å². The fourth-order valence-corrected chi connectivity index (χ4v) is 2.00. The Hall–Kier alpha value is -0.900. The van der Waals surface area contributed by atoms with Crippen molar-refractivity contribution in [1.82, 2.24) is 5.32 Å². The Morgan fingerprint density at radius 2 is 1.90 bits per heavy atom. The van der Waals surface area contributed by atoms with Gasteiger partial charge in [-0.3, -0.25) is 0 Å². The van der Waals surface area contributed by atoms with Crippen LogP contribution in [0.2, 0.25) is 0 Å². The van der Waals surface area contributed by atoms with Crippen molar-refractivity contribution in [1.29, 1.82) is 0 Å². The van der Waals surface area contributed by atoms with Crippen molar-refractivity contribution in [2.75, 3.05) is 19.8 Å². The Labute approximate surface area is 123 Å². The molecule has 0 aliphatic heterocycles. The minimum atomic E-state index is -0.441. The molecule has 0 aliphatic rings. The molecule has 0 aromatic heterocycles. The van der Waals surface area contributed by atoms with Crippen molar-refractivity contribution < 1.29 is 9.84 Å². The molecule has 1 rings (SSSR count). The van der Waals surface area contributed by atoms with Gasteiger partial charge in [0.15, 0.2) is 0 Å². The van der Waals surface area contributed by atoms with Gasteiger partial charge in [-0.25, -0.2) is 0 Å². The number of aliphatic hydroxyl groups excluding tert-OH is 1. The average molecular weight is 279 g/mol. The fraction of sp³-hybridized carbons (Fsp3) is 0.647. The van der Waals surface area contributed by atoms with E-state index in [-0.39, 0.29) is 6.04 Å². The van der Waals surface area contributed by atoms with Crippen molar-refractivity contribution in [2.45, 2.75) is 52.2 Å². The molecule has 114 valence electrons. The Morgan fingerprint density at radius 3 is 2.50 bits per heavy atom. The third kappa shape index (κ3) is 6.51. The van der Waals surface area contributed by atoms with Gasteiger partial charge >= 0.3 is 0 Å². The largest absolute Gasteiger partial charge is 0.389 e. The molecule has 0 heterocycles. The quantitative estimate of drug-likeness (QED) is 0.647. The van der Waals surface area contributed by atoms with Crippen LogP contribution in [0.1, 0.15) is 50.8 Å². The van der Waals surface area contributed by atoms with Crippen LogP contribution in [0.4, 0.5) is 0 Å². The van der Waals surface area contributed by atoms with Crippen molar-refractivity contribution in [3.05, 3.63) is 35.4 Å². The first-order valence-electron chi connectivity index (χ1n) is 7.75. The predicted octanol–water partition coefficient (Wildman–Crippen LogP) is 3.08. The van der Waals surface area contributed by atoms with Crippen LogP contribution in [0.3, 0.4) is 0 Å². The van der Waals surface area contributed by atoms with Gasteiger partial charge in [-0.2, -0.15) is 0 Å². The summed E-state index contributed by atoms with van der Waals surface area (Å²) in [4.78, 5) is 0. The summed E-state index contributed by atoms with van der Waals surface area (Å²) in [6, 6.07) is 8.88. The fourth-order valence-electron chi connectivity index (χ4n) is 2.00. The zero-order valence-electron chi connectivity index (χ0n) is 13.1. The maximum Gasteiger partial charge on any atom is 0.0897 e. The lowest BCUT2D eigenvalue weighted by molar-refractivity contribution is 0.0348. The summed E-state index contributed by atoms with van der Waals surface area (Å²) in [7, 11) is 0. The zero-order chi connectivity index (χ0) is 14.8. The minimum absolute atomic E-state index is 0.242. The van der Waals surface area contributed by atoms with Crippen molar-refractivity contribution in [2.24, 2.45) is 0 Å². The molecule has 1 aromatic rings. The lowest BCUT2D eigenvalue weighted by Crippen LogP contribution is -2.32. The molecule has 3 heteroatoms. The monoisotopic (exact) mass is 279 g/mol. The normalized spacial score (nSPS) is 14.2. The van der Waals surface area contributed by atoms with Crippen LogP contribution in [0, 0.1) is 0 Å². The number of nitrogens with one attached hydrogen (secondary N) is 1. The van der Waals surface area contributed by atoms with Gasteiger partial charge in [0.1, 0.15) is 0 Å². The van der Waals surface area contributed by atoms with Crippen LogP contribution >= 0.6 is 0 Å². The number of hydrogen-bond acceptors (Lipinski definition) is 3. The summed E-state index contributed by atoms with van der Waals surface area (Å²) in [5.74, 6) is 0. The molecule has 0 spiro atoms. The summed E-state index contributed by atoms with van der Waals surface area (Å²) in [5.41, 5.74) is 2.60. The molecule has 0 aliphatic carbocycles. The molecule has 2 unspecified atom stereocenters. The summed E-state index contributed by atoms with van der Waals surface area (Å²) in [6.07, 6.45) is 2.80. The average Bonchev–Trinajstić information content (AvgIpc) is 2.49. The summed E-state index contributed by atoms with van der Waals surface area (Å²) in [5, 5.41) is 13.2. The Kier molecular flexibility index (Phi) is 8.51. The molecular weight excluding hydrogens is 250 g/mol. The van der Waals surface area contributed by atoms with Crippen molar-refractivity contribution in [3.63, 3.8) is 0 Å². The van der Waals surface area contributed by atoms with Crippen LogP contribution in [0.5, 0.6) is 0 Å². The van der Waals surface area contributed by atoms with E-state index < -0.39 is 6.10 Å². The van der Waals surface area contributed by atoms with E-state index in [9.17, 15) is 5.11 Å². The van der Waals surface area contributed by atoms with Gasteiger partial charge in [0.2, 0.25) is 0 Å². The van der Waals surface area contributed by atoms with Crippen LogP contribution in [-0.4, -0.2) is 31.0 Å². The van der Waals surface area contributed by atoms with E-state index in [1.54, 1.807) is 0 Å². The van der Waals surface area contributed by atoms with Gasteiger partial charge in [0, 0.05) is 19.2 Å². The Balaban J connectivity index is 2.25. The highest BCUT2D eigenvalue weighted by Gasteiger charge is 2.08. The first-order chi connectivity index (χ1) is 9.67. The van der Waals surface area contributed by atoms with Gasteiger partial charge in [0.25, 0.3) is 0 Å². The molecule has 0 saturated carbocycles. The molecule has 0 saturated heterocycles. The molecule has 0 amide bonds. The smallest absolute Gasteiger partial charge is 0.0897 e. The highest BCUT2D eigenvalue weighted by molar-refractivity contribution is 5.24. The number of aliphatic hydroxyl groups is 1. The molecule has 1 aromatic carbocycles. The second-order valence-electron chi connectivity index (χ2n) is 5.31. The first kappa shape index (κ1) is 17.2. The highest BCUT2D eigenvalue weighted by Crippen LogP contribution is 2.13. The lowest BCUT2D eigenvalue weighted by Gasteiger charge is -2.18. The second-order valence-corrected chi connectivity index (χ2v) is 5.31. The van der Waals surface area contributed by atoms with Gasteiger partial charge in [-0.1, -0.05) is 44.5 Å². The van der Waals surface area contributed by atoms with E-state index in [2.05, 4.69) is 50.4 Å². The van der Waals surface area contributed by atoms with E-state index in [1.165, 1.54) is 11.1 Å². The molecule has 2 N–H and O–H groups in total. The lowest BCUT2D eigenvalue weighted by atomic mass is 10.0. The van der Waals surface area contributed by atoms with Gasteiger partial charge in [0.05, 0.1) is 12.7 Å². The standard InChI is InChI=1S/C17H29NO2/c1-4-6-11-20-13-17(19)12-18-14(3)16-9-7-15(5-2)8-10-16/h7-10,14,17-19H,4-6,11-13H2,1-3H3. The van der Waals surface area contributed by atoms with Crippen LogP contribution < -0.4 is 5.32 Å². The van der Waals surface area contributed by atoms with Gasteiger partial charge < -0.3 is 15.2 Å². The molecule has 0 radical (unpaired) electrons. The number of ether oxygens (including phenoxy) is 1. The van der Waals surface area contributed by atoms with E-state index in [1.807, 2.05) is 0 Å². The summed E-state index contributed by atoms with van der Waals surface area (Å²) >= 11 is 0. The minimum Gasteiger partial charge on any atom is -0.389 e. The molecular formula is C17H29NO2. The van der Waals surface area contributed by atoms with Gasteiger partial charge in [-0.05, 0) is 30.9 Å². The maximum absolute atomic E-state index is 9.84. The number of rotatable bonds is 10. The van der Waals surface area contributed by atoms with Gasteiger partial charge in [-0.15, -0.1) is 0 Å². The number of hydrogen-bond donors (Lipinski definition) is 2. The first-order valence-corrected chi connectivity index (χ1v) is 7.75. The highest BCUT2D eigenvalue weighted by atomic mass is 16.5. The topological polar surface area (TPSA) is 41.5 Å². The van der Waals surface area contributed by atoms with Crippen molar-refractivity contribution >= 4 is 0 Å². The third-order valence-corrected chi connectivity index (χ3v) is 3.50. The second kappa shape index (κ2) is 9.92. The number of benzene rings is 1. The summed E-state index contributed by atoms with van der Waals surface area (Å²) in [6.45, 7) is 8.11. The SMILES string of the molecule is CCCCOCC(O)CNC(C)c1ccc(CC)cc1. The Bertz CT molecular complexity index is 351. The van der Waals surface area contributed by atoms with E-state index in [4.69, 9.17) is 4.74 Å². The molecule has 3 nitrogen and oxygen atoms in total. The van der Waals surface area contributed by atoms with E-state index in [0.29, 0.717) is 13.2 Å². The predicted molar refractivity (Wildman–Crippen MR) is 84.0 cm³/mol. The molecule has 0 fully saturated rings. The molecule has 0 bridgehead atoms. The number of unbranched alkanes of at least 4 members (excludes halogenated alkanes) is 1. The molecule has 2 atom stereocenters. The van der Waals surface area contributed by atoms with E-state index >= 15 is 0 Å². The van der Waals surface area contributed by atoms with Crippen LogP contribution in [-0.2, 0) is 11.2 Å². The van der Waals surface area contributed by atoms with Crippen LogP contribution in [0.15, 0.2) is 24.3 Å². The Morgan fingerprint density at radius 1 is 1.20 bits per heavy atom. The van der Waals surface area contributed by atoms with Crippen LogP contribution in [0.25, 0.3) is 0 Å². The number of aryl methyl sites for hydroxylation is 1. The third-order valence-electron chi connectivity index (χ3n) is 3.50. The zero-order valence-corrected chi connectivity index (χ0v) is 13.1. The van der Waals surface area contributed by atoms with Crippen molar-refractivity contribution in [3.8, 4) is 0 Å².